The minimum Gasteiger partial charge on any atom is -0.478 e. The topological polar surface area (TPSA) is 50.4 Å². The van der Waals surface area contributed by atoms with Crippen molar-refractivity contribution in [2.45, 2.75) is 0 Å². The first-order valence-electron chi connectivity index (χ1n) is 5.02. The van der Waals surface area contributed by atoms with Crippen molar-refractivity contribution < 1.29 is 14.3 Å². The fraction of sp³-hybridized carbons (Fsp3) is 0. The summed E-state index contributed by atoms with van der Waals surface area (Å²) in [5.41, 5.74) is 0.862. The van der Waals surface area contributed by atoms with Crippen molar-refractivity contribution in [2.75, 3.05) is 0 Å². The molecule has 0 atom stereocenters. The Labute approximate surface area is 117 Å². The van der Waals surface area contributed by atoms with Crippen LogP contribution in [0.3, 0.4) is 0 Å². The molecule has 0 radical (unpaired) electrons. The minimum atomic E-state index is -1.02. The van der Waals surface area contributed by atoms with Gasteiger partial charge in [0.05, 0.1) is 4.47 Å². The zero-order chi connectivity index (χ0) is 13.1. The van der Waals surface area contributed by atoms with Crippen molar-refractivity contribution in [3.63, 3.8) is 0 Å². The molecule has 0 bridgehead atoms. The van der Waals surface area contributed by atoms with Crippen LogP contribution in [0, 0.1) is 0 Å². The van der Waals surface area contributed by atoms with E-state index in [0.29, 0.717) is 16.5 Å². The quantitative estimate of drug-likeness (QED) is 0.847. The molecule has 18 heavy (non-hydrogen) atoms. The van der Waals surface area contributed by atoms with Crippen LogP contribution in [-0.2, 0) is 4.79 Å². The Morgan fingerprint density at radius 1 is 1.33 bits per heavy atom. The Kier molecular flexibility index (Phi) is 3.89. The number of furan rings is 1. The van der Waals surface area contributed by atoms with E-state index in [4.69, 9.17) is 21.1 Å². The summed E-state index contributed by atoms with van der Waals surface area (Å²) < 4.78 is 6.31. The lowest BCUT2D eigenvalue weighted by Crippen LogP contribution is -1.84. The summed E-state index contributed by atoms with van der Waals surface area (Å²) in [7, 11) is 0. The molecule has 0 aliphatic carbocycles. The molecule has 0 unspecified atom stereocenters. The van der Waals surface area contributed by atoms with Crippen molar-refractivity contribution in [3.8, 4) is 11.3 Å². The number of halogens is 2. The normalized spacial score (nSPS) is 11.0. The monoisotopic (exact) mass is 326 g/mol. The van der Waals surface area contributed by atoms with Crippen LogP contribution in [0.2, 0.25) is 5.02 Å². The van der Waals surface area contributed by atoms with Gasteiger partial charge in [0.2, 0.25) is 0 Å². The Balaban J connectivity index is 2.34. The van der Waals surface area contributed by atoms with E-state index in [-0.39, 0.29) is 0 Å². The van der Waals surface area contributed by atoms with Gasteiger partial charge in [0.1, 0.15) is 11.5 Å². The smallest absolute Gasteiger partial charge is 0.328 e. The van der Waals surface area contributed by atoms with E-state index in [0.717, 1.165) is 16.1 Å². The number of hydrogen-bond acceptors (Lipinski definition) is 2. The van der Waals surface area contributed by atoms with E-state index < -0.39 is 5.97 Å². The summed E-state index contributed by atoms with van der Waals surface area (Å²) in [5, 5.41) is 9.19. The molecule has 0 fully saturated rings. The van der Waals surface area contributed by atoms with Crippen molar-refractivity contribution in [3.05, 3.63) is 51.7 Å². The van der Waals surface area contributed by atoms with E-state index in [1.807, 2.05) is 12.1 Å². The Hall–Kier alpha value is -1.52. The summed E-state index contributed by atoms with van der Waals surface area (Å²) in [4.78, 5) is 10.4. The number of benzene rings is 1. The fourth-order valence-corrected chi connectivity index (χ4v) is 2.08. The fourth-order valence-electron chi connectivity index (χ4n) is 1.42. The van der Waals surface area contributed by atoms with Crippen LogP contribution in [-0.4, -0.2) is 11.1 Å². The van der Waals surface area contributed by atoms with Gasteiger partial charge in [-0.3, -0.25) is 0 Å². The van der Waals surface area contributed by atoms with Crippen LogP contribution in [0.5, 0.6) is 0 Å². The van der Waals surface area contributed by atoms with Crippen molar-refractivity contribution in [1.82, 2.24) is 0 Å². The zero-order valence-electron chi connectivity index (χ0n) is 9.06. The second kappa shape index (κ2) is 5.42. The second-order valence-electron chi connectivity index (χ2n) is 3.50. The largest absolute Gasteiger partial charge is 0.478 e. The maximum atomic E-state index is 10.4. The summed E-state index contributed by atoms with van der Waals surface area (Å²) in [5.74, 6) is 0.0847. The number of carboxylic acid groups (broad SMARTS) is 1. The molecule has 1 aromatic carbocycles. The van der Waals surface area contributed by atoms with Gasteiger partial charge in [-0.25, -0.2) is 4.79 Å². The van der Waals surface area contributed by atoms with Gasteiger partial charge in [0, 0.05) is 16.7 Å². The zero-order valence-corrected chi connectivity index (χ0v) is 11.4. The van der Waals surface area contributed by atoms with Crippen LogP contribution in [0.1, 0.15) is 5.76 Å². The maximum Gasteiger partial charge on any atom is 0.328 e. The van der Waals surface area contributed by atoms with Crippen molar-refractivity contribution >= 4 is 39.6 Å². The lowest BCUT2D eigenvalue weighted by molar-refractivity contribution is -0.131. The predicted molar refractivity (Wildman–Crippen MR) is 73.5 cm³/mol. The molecule has 92 valence electrons. The van der Waals surface area contributed by atoms with Gasteiger partial charge in [-0.1, -0.05) is 11.6 Å². The van der Waals surface area contributed by atoms with Crippen LogP contribution in [0.15, 0.2) is 45.3 Å². The first-order chi connectivity index (χ1) is 8.56. The third-order valence-electron chi connectivity index (χ3n) is 2.20. The van der Waals surface area contributed by atoms with Gasteiger partial charge in [0.15, 0.2) is 0 Å². The van der Waals surface area contributed by atoms with Gasteiger partial charge in [-0.05, 0) is 52.3 Å². The van der Waals surface area contributed by atoms with E-state index in [1.54, 1.807) is 18.2 Å². The molecule has 1 aromatic heterocycles. The Morgan fingerprint density at radius 3 is 2.61 bits per heavy atom. The molecule has 0 amide bonds. The Morgan fingerprint density at radius 2 is 2.00 bits per heavy atom. The summed E-state index contributed by atoms with van der Waals surface area (Å²) in [6.45, 7) is 0. The average molecular weight is 328 g/mol. The molecule has 3 nitrogen and oxygen atoms in total. The van der Waals surface area contributed by atoms with Gasteiger partial charge < -0.3 is 9.52 Å². The summed E-state index contributed by atoms with van der Waals surface area (Å²) >= 11 is 9.18. The lowest BCUT2D eigenvalue weighted by Gasteiger charge is -1.97. The molecule has 2 rings (SSSR count). The SMILES string of the molecule is O=C(O)/C=C/c1cc(Br)c(-c2ccc(Cl)cc2)o1. The first kappa shape index (κ1) is 12.9. The number of hydrogen-bond donors (Lipinski definition) is 1. The van der Waals surface area contributed by atoms with Crippen LogP contribution < -0.4 is 0 Å². The molecule has 2 aromatic rings. The molecule has 1 heterocycles. The highest BCUT2D eigenvalue weighted by Gasteiger charge is 2.09. The minimum absolute atomic E-state index is 0.467. The standard InChI is InChI=1S/C13H8BrClO3/c14-11-7-10(5-6-12(16)17)18-13(11)8-1-3-9(15)4-2-8/h1-7H,(H,16,17)/b6-5+. The lowest BCUT2D eigenvalue weighted by atomic mass is 10.2. The highest BCUT2D eigenvalue weighted by molar-refractivity contribution is 9.10. The van der Waals surface area contributed by atoms with Crippen LogP contribution in [0.25, 0.3) is 17.4 Å². The predicted octanol–water partition coefficient (Wildman–Crippen LogP) is 4.46. The van der Waals surface area contributed by atoms with Gasteiger partial charge in [-0.2, -0.15) is 0 Å². The van der Waals surface area contributed by atoms with E-state index in [2.05, 4.69) is 15.9 Å². The highest BCUT2D eigenvalue weighted by atomic mass is 79.9. The van der Waals surface area contributed by atoms with Crippen molar-refractivity contribution in [1.29, 1.82) is 0 Å². The van der Waals surface area contributed by atoms with Gasteiger partial charge in [-0.15, -0.1) is 0 Å². The highest BCUT2D eigenvalue weighted by Crippen LogP contribution is 2.32. The van der Waals surface area contributed by atoms with E-state index >= 15 is 0 Å². The molecular formula is C13H8BrClO3. The van der Waals surface area contributed by atoms with E-state index in [9.17, 15) is 4.79 Å². The van der Waals surface area contributed by atoms with Crippen LogP contribution in [0.4, 0.5) is 0 Å². The van der Waals surface area contributed by atoms with Gasteiger partial charge >= 0.3 is 5.97 Å². The number of rotatable bonds is 3. The van der Waals surface area contributed by atoms with E-state index in [1.165, 1.54) is 6.08 Å². The third kappa shape index (κ3) is 3.03. The summed E-state index contributed by atoms with van der Waals surface area (Å²) in [6, 6.07) is 8.90. The maximum absolute atomic E-state index is 10.4. The molecule has 1 N–H and O–H groups in total. The Bertz CT molecular complexity index is 599. The molecule has 0 saturated heterocycles. The average Bonchev–Trinajstić information content (AvgIpc) is 2.69. The summed E-state index contributed by atoms with van der Waals surface area (Å²) in [6.07, 6.45) is 2.42. The third-order valence-corrected chi connectivity index (χ3v) is 3.04. The number of aliphatic carboxylic acids is 1. The van der Waals surface area contributed by atoms with Gasteiger partial charge in [0.25, 0.3) is 0 Å². The molecule has 0 spiro atoms. The number of carbonyl (C=O) groups is 1. The van der Waals surface area contributed by atoms with Crippen LogP contribution >= 0.6 is 27.5 Å². The molecule has 0 aliphatic heterocycles. The molecule has 0 saturated carbocycles. The molecule has 0 aliphatic rings. The molecule has 5 heteroatoms. The number of carboxylic acids is 1. The second-order valence-corrected chi connectivity index (χ2v) is 4.80. The first-order valence-corrected chi connectivity index (χ1v) is 6.19. The molecular weight excluding hydrogens is 319 g/mol. The van der Waals surface area contributed by atoms with Crippen molar-refractivity contribution in [2.24, 2.45) is 0 Å².